The smallest absolute Gasteiger partial charge is 0.0225 e. The van der Waals surface area contributed by atoms with Crippen LogP contribution in [0.2, 0.25) is 0 Å². The van der Waals surface area contributed by atoms with Gasteiger partial charge in [-0.1, -0.05) is 31.6 Å². The van der Waals surface area contributed by atoms with Crippen LogP contribution in [0.5, 0.6) is 0 Å². The Labute approximate surface area is 64.6 Å². The van der Waals surface area contributed by atoms with E-state index in [4.69, 9.17) is 0 Å². The molecule has 0 spiro atoms. The van der Waals surface area contributed by atoms with Crippen LogP contribution in [0.15, 0.2) is 24.3 Å². The highest BCUT2D eigenvalue weighted by molar-refractivity contribution is 5.00. The predicted octanol–water partition coefficient (Wildman–Crippen LogP) is 3.55. The Morgan fingerprint density at radius 1 is 1.60 bits per heavy atom. The van der Waals surface area contributed by atoms with Crippen LogP contribution in [-0.4, -0.2) is 0 Å². The maximum absolute atomic E-state index is 3.70. The summed E-state index contributed by atoms with van der Waals surface area (Å²) in [6.07, 6.45) is 6.56. The third-order valence-corrected chi connectivity index (χ3v) is 1.67. The Morgan fingerprint density at radius 3 is 2.60 bits per heavy atom. The minimum absolute atomic E-state index is 0.664. The van der Waals surface area contributed by atoms with Crippen molar-refractivity contribution >= 4 is 0 Å². The summed E-state index contributed by atoms with van der Waals surface area (Å²) in [5.41, 5.74) is 1.48. The van der Waals surface area contributed by atoms with Crippen LogP contribution in [0.3, 0.4) is 0 Å². The summed E-state index contributed by atoms with van der Waals surface area (Å²) >= 11 is 0. The number of hydrogen-bond acceptors (Lipinski definition) is 0. The van der Waals surface area contributed by atoms with Crippen molar-refractivity contribution in [2.24, 2.45) is 5.92 Å². The van der Waals surface area contributed by atoms with Gasteiger partial charge in [0.1, 0.15) is 0 Å². The van der Waals surface area contributed by atoms with Gasteiger partial charge in [0, 0.05) is 0 Å². The van der Waals surface area contributed by atoms with E-state index in [1.807, 2.05) is 6.08 Å². The Bertz CT molecular complexity index is 120. The molecule has 58 valence electrons. The summed E-state index contributed by atoms with van der Waals surface area (Å²) in [5.74, 6) is 0.664. The highest BCUT2D eigenvalue weighted by Gasteiger charge is 1.93. The van der Waals surface area contributed by atoms with Crippen LogP contribution in [0.1, 0.15) is 33.6 Å². The van der Waals surface area contributed by atoms with Gasteiger partial charge in [0.15, 0.2) is 0 Å². The fraction of sp³-hybridized carbons (Fsp3) is 0.600. The summed E-state index contributed by atoms with van der Waals surface area (Å²) in [6, 6.07) is 0. The zero-order valence-corrected chi connectivity index (χ0v) is 7.35. The fourth-order valence-corrected chi connectivity index (χ4v) is 0.934. The van der Waals surface area contributed by atoms with Gasteiger partial charge in [0.05, 0.1) is 0 Å². The van der Waals surface area contributed by atoms with Gasteiger partial charge in [-0.15, -0.1) is 6.58 Å². The van der Waals surface area contributed by atoms with Crippen molar-refractivity contribution in [2.75, 3.05) is 0 Å². The molecule has 0 heterocycles. The van der Waals surface area contributed by atoms with Gasteiger partial charge in [-0.3, -0.25) is 0 Å². The number of rotatable bonds is 4. The Morgan fingerprint density at radius 2 is 2.20 bits per heavy atom. The van der Waals surface area contributed by atoms with Crippen LogP contribution in [-0.2, 0) is 0 Å². The standard InChI is InChI=1S/C10H18/c1-5-7-10(4)8-9(3)6-2/h5,8,10H,1,6-7H2,2-4H3/b9-8-. The van der Waals surface area contributed by atoms with Gasteiger partial charge in [0.25, 0.3) is 0 Å². The molecule has 0 amide bonds. The zero-order valence-electron chi connectivity index (χ0n) is 7.35. The molecule has 0 saturated carbocycles. The Hall–Kier alpha value is -0.520. The molecule has 0 aliphatic heterocycles. The molecule has 0 aliphatic carbocycles. The van der Waals surface area contributed by atoms with Gasteiger partial charge in [0.2, 0.25) is 0 Å². The van der Waals surface area contributed by atoms with Crippen LogP contribution in [0.4, 0.5) is 0 Å². The van der Waals surface area contributed by atoms with Crippen molar-refractivity contribution in [1.29, 1.82) is 0 Å². The second kappa shape index (κ2) is 5.28. The molecule has 1 atom stereocenters. The molecule has 0 radical (unpaired) electrons. The first-order valence-electron chi connectivity index (χ1n) is 3.98. The Balaban J connectivity index is 3.73. The second-order valence-corrected chi connectivity index (χ2v) is 2.87. The number of allylic oxidation sites excluding steroid dienone is 3. The lowest BCUT2D eigenvalue weighted by Crippen LogP contribution is -1.87. The van der Waals surface area contributed by atoms with E-state index < -0.39 is 0 Å². The highest BCUT2D eigenvalue weighted by Crippen LogP contribution is 2.09. The van der Waals surface area contributed by atoms with E-state index >= 15 is 0 Å². The van der Waals surface area contributed by atoms with Crippen molar-refractivity contribution in [1.82, 2.24) is 0 Å². The first-order valence-corrected chi connectivity index (χ1v) is 3.98. The van der Waals surface area contributed by atoms with Crippen LogP contribution in [0, 0.1) is 5.92 Å². The molecule has 1 unspecified atom stereocenters. The molecule has 0 aliphatic rings. The minimum Gasteiger partial charge on any atom is -0.103 e. The van der Waals surface area contributed by atoms with Crippen molar-refractivity contribution < 1.29 is 0 Å². The van der Waals surface area contributed by atoms with E-state index in [1.54, 1.807) is 0 Å². The summed E-state index contributed by atoms with van der Waals surface area (Å²) in [7, 11) is 0. The van der Waals surface area contributed by atoms with Crippen molar-refractivity contribution in [3.8, 4) is 0 Å². The predicted molar refractivity (Wildman–Crippen MR) is 48.0 cm³/mol. The van der Waals surface area contributed by atoms with Crippen LogP contribution in [0.25, 0.3) is 0 Å². The maximum Gasteiger partial charge on any atom is -0.0225 e. The van der Waals surface area contributed by atoms with E-state index in [-0.39, 0.29) is 0 Å². The molecule has 0 fully saturated rings. The normalized spacial score (nSPS) is 14.9. The second-order valence-electron chi connectivity index (χ2n) is 2.87. The molecule has 0 saturated heterocycles. The minimum atomic E-state index is 0.664. The Kier molecular flexibility index (Phi) is 5.00. The summed E-state index contributed by atoms with van der Waals surface area (Å²) < 4.78 is 0. The molecule has 0 aromatic carbocycles. The molecular formula is C10H18. The fourth-order valence-electron chi connectivity index (χ4n) is 0.934. The summed E-state index contributed by atoms with van der Waals surface area (Å²) in [5, 5.41) is 0. The van der Waals surface area contributed by atoms with E-state index in [0.29, 0.717) is 5.92 Å². The number of hydrogen-bond donors (Lipinski definition) is 0. The molecule has 0 nitrogen and oxygen atoms in total. The first-order chi connectivity index (χ1) is 4.70. The van der Waals surface area contributed by atoms with E-state index in [1.165, 1.54) is 12.0 Å². The van der Waals surface area contributed by atoms with Gasteiger partial charge in [-0.2, -0.15) is 0 Å². The molecule has 10 heavy (non-hydrogen) atoms. The average Bonchev–Trinajstić information content (AvgIpc) is 1.88. The molecule has 0 N–H and O–H groups in total. The highest BCUT2D eigenvalue weighted by atomic mass is 14.0. The van der Waals surface area contributed by atoms with Crippen molar-refractivity contribution in [3.63, 3.8) is 0 Å². The topological polar surface area (TPSA) is 0 Å². The van der Waals surface area contributed by atoms with Gasteiger partial charge >= 0.3 is 0 Å². The molecule has 0 aromatic rings. The van der Waals surface area contributed by atoms with Gasteiger partial charge in [-0.25, -0.2) is 0 Å². The SMILES string of the molecule is C=CCC(C)/C=C(/C)CC. The van der Waals surface area contributed by atoms with Gasteiger partial charge < -0.3 is 0 Å². The lowest BCUT2D eigenvalue weighted by atomic mass is 10.0. The van der Waals surface area contributed by atoms with Crippen LogP contribution >= 0.6 is 0 Å². The van der Waals surface area contributed by atoms with E-state index in [9.17, 15) is 0 Å². The lowest BCUT2D eigenvalue weighted by molar-refractivity contribution is 0.734. The summed E-state index contributed by atoms with van der Waals surface area (Å²) in [6.45, 7) is 10.3. The van der Waals surface area contributed by atoms with E-state index in [0.717, 1.165) is 6.42 Å². The molecule has 0 aromatic heterocycles. The first kappa shape index (κ1) is 9.48. The molecule has 0 heteroatoms. The summed E-state index contributed by atoms with van der Waals surface area (Å²) in [4.78, 5) is 0. The average molecular weight is 138 g/mol. The zero-order chi connectivity index (χ0) is 7.98. The third kappa shape index (κ3) is 4.37. The maximum atomic E-state index is 3.70. The molecule has 0 rings (SSSR count). The van der Waals surface area contributed by atoms with E-state index in [2.05, 4.69) is 33.4 Å². The third-order valence-electron chi connectivity index (χ3n) is 1.67. The lowest BCUT2D eigenvalue weighted by Gasteiger charge is -2.02. The molecular weight excluding hydrogens is 120 g/mol. The molecule has 0 bridgehead atoms. The quantitative estimate of drug-likeness (QED) is 0.521. The van der Waals surface area contributed by atoms with Crippen LogP contribution < -0.4 is 0 Å². The van der Waals surface area contributed by atoms with Crippen molar-refractivity contribution in [2.45, 2.75) is 33.6 Å². The largest absolute Gasteiger partial charge is 0.103 e. The van der Waals surface area contributed by atoms with Crippen molar-refractivity contribution in [3.05, 3.63) is 24.3 Å². The van der Waals surface area contributed by atoms with Gasteiger partial charge in [-0.05, 0) is 25.7 Å². The monoisotopic (exact) mass is 138 g/mol.